The summed E-state index contributed by atoms with van der Waals surface area (Å²) in [5, 5.41) is 0. The highest BCUT2D eigenvalue weighted by atomic mass is 15.2. The fraction of sp³-hybridized carbons (Fsp3) is 0.684. The zero-order valence-corrected chi connectivity index (χ0v) is 13.4. The van der Waals surface area contributed by atoms with Crippen LogP contribution in [0.4, 0.5) is 0 Å². The minimum absolute atomic E-state index is 0.317. The molecule has 1 aromatic carbocycles. The van der Waals surface area contributed by atoms with Crippen LogP contribution in [0.3, 0.4) is 0 Å². The summed E-state index contributed by atoms with van der Waals surface area (Å²) in [5.41, 5.74) is 7.78. The zero-order valence-electron chi connectivity index (χ0n) is 13.4. The smallest absolute Gasteiger partial charge is 0.0247 e. The molecule has 3 rings (SSSR count). The van der Waals surface area contributed by atoms with Gasteiger partial charge in [0, 0.05) is 18.1 Å². The van der Waals surface area contributed by atoms with Gasteiger partial charge >= 0.3 is 0 Å². The first-order valence-electron chi connectivity index (χ1n) is 8.82. The van der Waals surface area contributed by atoms with E-state index in [2.05, 4.69) is 42.2 Å². The number of hydrogen-bond donors (Lipinski definition) is 1. The van der Waals surface area contributed by atoms with Gasteiger partial charge in [-0.1, -0.05) is 36.8 Å². The molecule has 0 aromatic heterocycles. The Hall–Kier alpha value is -0.860. The molecule has 21 heavy (non-hydrogen) atoms. The van der Waals surface area contributed by atoms with E-state index < -0.39 is 0 Å². The zero-order chi connectivity index (χ0) is 14.7. The second kappa shape index (κ2) is 6.93. The molecule has 0 radical (unpaired) electrons. The van der Waals surface area contributed by atoms with Gasteiger partial charge in [-0.05, 0) is 63.5 Å². The first-order valence-corrected chi connectivity index (χ1v) is 8.82. The van der Waals surface area contributed by atoms with Crippen molar-refractivity contribution in [1.82, 2.24) is 4.90 Å². The van der Waals surface area contributed by atoms with E-state index in [1.54, 1.807) is 5.56 Å². The number of piperidine rings is 1. The average molecular weight is 286 g/mol. The molecule has 1 aromatic rings. The molecular formula is C19H30N2. The Labute approximate surface area is 129 Å². The molecule has 1 aliphatic carbocycles. The van der Waals surface area contributed by atoms with Crippen molar-refractivity contribution in [3.05, 3.63) is 35.9 Å². The Morgan fingerprint density at radius 2 is 1.71 bits per heavy atom. The third-order valence-electron chi connectivity index (χ3n) is 5.64. The van der Waals surface area contributed by atoms with Crippen LogP contribution < -0.4 is 5.73 Å². The summed E-state index contributed by atoms with van der Waals surface area (Å²) in [6.45, 7) is 3.46. The van der Waals surface area contributed by atoms with Crippen LogP contribution in [-0.2, 0) is 0 Å². The molecule has 2 N–H and O–H groups in total. The van der Waals surface area contributed by atoms with Crippen LogP contribution in [-0.4, -0.2) is 29.6 Å². The van der Waals surface area contributed by atoms with E-state index in [0.717, 1.165) is 12.0 Å². The lowest BCUT2D eigenvalue weighted by Gasteiger charge is -2.45. The summed E-state index contributed by atoms with van der Waals surface area (Å²) < 4.78 is 0. The van der Waals surface area contributed by atoms with E-state index >= 15 is 0 Å². The maximum atomic E-state index is 6.24. The third kappa shape index (κ3) is 3.49. The summed E-state index contributed by atoms with van der Waals surface area (Å²) in [6.07, 6.45) is 9.42. The molecule has 2 unspecified atom stereocenters. The van der Waals surface area contributed by atoms with Gasteiger partial charge in [-0.3, -0.25) is 4.90 Å². The molecule has 2 fully saturated rings. The fourth-order valence-electron chi connectivity index (χ4n) is 4.46. The molecule has 1 saturated heterocycles. The molecule has 0 bridgehead atoms. The largest absolute Gasteiger partial charge is 0.327 e. The van der Waals surface area contributed by atoms with E-state index in [9.17, 15) is 0 Å². The highest BCUT2D eigenvalue weighted by molar-refractivity contribution is 5.20. The molecule has 1 heterocycles. The summed E-state index contributed by atoms with van der Waals surface area (Å²) in [6, 6.07) is 12.8. The van der Waals surface area contributed by atoms with Gasteiger partial charge in [0.2, 0.25) is 0 Å². The van der Waals surface area contributed by atoms with Gasteiger partial charge in [0.1, 0.15) is 0 Å². The van der Waals surface area contributed by atoms with Gasteiger partial charge in [-0.25, -0.2) is 0 Å². The lowest BCUT2D eigenvalue weighted by atomic mass is 9.80. The Morgan fingerprint density at radius 1 is 1.00 bits per heavy atom. The van der Waals surface area contributed by atoms with Crippen molar-refractivity contribution in [2.75, 3.05) is 6.54 Å². The van der Waals surface area contributed by atoms with Crippen LogP contribution >= 0.6 is 0 Å². The molecule has 2 heteroatoms. The predicted molar refractivity (Wildman–Crippen MR) is 89.4 cm³/mol. The average Bonchev–Trinajstić information content (AvgIpc) is 2.56. The van der Waals surface area contributed by atoms with Crippen LogP contribution in [0.2, 0.25) is 0 Å². The maximum absolute atomic E-state index is 6.24. The van der Waals surface area contributed by atoms with Crippen molar-refractivity contribution in [2.24, 2.45) is 5.73 Å². The molecule has 0 spiro atoms. The van der Waals surface area contributed by atoms with Gasteiger partial charge in [0.15, 0.2) is 0 Å². The molecule has 1 saturated carbocycles. The van der Waals surface area contributed by atoms with Crippen molar-refractivity contribution >= 4 is 0 Å². The van der Waals surface area contributed by atoms with E-state index in [0.29, 0.717) is 12.1 Å². The molecule has 2 aliphatic rings. The van der Waals surface area contributed by atoms with Crippen LogP contribution in [0.1, 0.15) is 63.4 Å². The maximum Gasteiger partial charge on any atom is 0.0247 e. The third-order valence-corrected chi connectivity index (χ3v) is 5.64. The first kappa shape index (κ1) is 15.1. The number of nitrogens with zero attached hydrogens (tertiary/aromatic N) is 1. The van der Waals surface area contributed by atoms with E-state index in [1.165, 1.54) is 51.5 Å². The van der Waals surface area contributed by atoms with Crippen LogP contribution in [0.25, 0.3) is 0 Å². The van der Waals surface area contributed by atoms with Gasteiger partial charge in [0.25, 0.3) is 0 Å². The highest BCUT2D eigenvalue weighted by Gasteiger charge is 2.33. The second-order valence-electron chi connectivity index (χ2n) is 7.08. The van der Waals surface area contributed by atoms with Crippen molar-refractivity contribution < 1.29 is 0 Å². The monoisotopic (exact) mass is 286 g/mol. The van der Waals surface area contributed by atoms with Gasteiger partial charge in [0.05, 0.1) is 0 Å². The topological polar surface area (TPSA) is 29.3 Å². The first-order chi connectivity index (χ1) is 10.3. The van der Waals surface area contributed by atoms with E-state index in [4.69, 9.17) is 5.73 Å². The Morgan fingerprint density at radius 3 is 2.38 bits per heavy atom. The van der Waals surface area contributed by atoms with Gasteiger partial charge < -0.3 is 5.73 Å². The van der Waals surface area contributed by atoms with Crippen molar-refractivity contribution in [2.45, 2.75) is 75.9 Å². The second-order valence-corrected chi connectivity index (χ2v) is 7.08. The number of benzene rings is 1. The molecule has 0 amide bonds. The Bertz CT molecular complexity index is 420. The number of rotatable bonds is 3. The SMILES string of the molecule is CC(N)C1CCCCN1C1CCC(c2ccccc2)CC1. The Kier molecular flexibility index (Phi) is 4.97. The molecule has 1 aliphatic heterocycles. The van der Waals surface area contributed by atoms with Crippen LogP contribution in [0.5, 0.6) is 0 Å². The normalized spacial score (nSPS) is 32.8. The standard InChI is InChI=1S/C19H30N2/c1-15(20)19-9-5-6-14-21(19)18-12-10-17(11-13-18)16-7-3-2-4-8-16/h2-4,7-8,15,17-19H,5-6,9-14,20H2,1H3. The Balaban J connectivity index is 1.60. The van der Waals surface area contributed by atoms with E-state index in [1.807, 2.05) is 0 Å². The molecule has 116 valence electrons. The quantitative estimate of drug-likeness (QED) is 0.912. The molecule has 2 nitrogen and oxygen atoms in total. The minimum atomic E-state index is 0.317. The fourth-order valence-corrected chi connectivity index (χ4v) is 4.46. The summed E-state index contributed by atoms with van der Waals surface area (Å²) in [7, 11) is 0. The lowest BCUT2D eigenvalue weighted by molar-refractivity contribution is 0.0584. The summed E-state index contributed by atoms with van der Waals surface area (Å²) in [4.78, 5) is 2.76. The van der Waals surface area contributed by atoms with Gasteiger partial charge in [-0.2, -0.15) is 0 Å². The van der Waals surface area contributed by atoms with Crippen molar-refractivity contribution in [3.8, 4) is 0 Å². The summed E-state index contributed by atoms with van der Waals surface area (Å²) in [5.74, 6) is 0.779. The minimum Gasteiger partial charge on any atom is -0.327 e. The van der Waals surface area contributed by atoms with Crippen LogP contribution in [0, 0.1) is 0 Å². The number of hydrogen-bond acceptors (Lipinski definition) is 2. The molecule has 2 atom stereocenters. The number of likely N-dealkylation sites (tertiary alicyclic amines) is 1. The summed E-state index contributed by atoms with van der Waals surface area (Å²) >= 11 is 0. The highest BCUT2D eigenvalue weighted by Crippen LogP contribution is 2.36. The van der Waals surface area contributed by atoms with Crippen LogP contribution in [0.15, 0.2) is 30.3 Å². The van der Waals surface area contributed by atoms with E-state index in [-0.39, 0.29) is 0 Å². The molecular weight excluding hydrogens is 256 g/mol. The number of nitrogens with two attached hydrogens (primary N) is 1. The predicted octanol–water partition coefficient (Wildman–Crippen LogP) is 3.91. The van der Waals surface area contributed by atoms with Crippen molar-refractivity contribution in [3.63, 3.8) is 0 Å². The van der Waals surface area contributed by atoms with Gasteiger partial charge in [-0.15, -0.1) is 0 Å². The van der Waals surface area contributed by atoms with Crippen molar-refractivity contribution in [1.29, 1.82) is 0 Å². The lowest BCUT2D eigenvalue weighted by Crippen LogP contribution is -2.54.